The Morgan fingerprint density at radius 2 is 1.73 bits per heavy atom. The molecule has 1 aromatic heterocycles. The Kier molecular flexibility index (Phi) is 4.62. The van der Waals surface area contributed by atoms with Gasteiger partial charge in [0.2, 0.25) is 0 Å². The van der Waals surface area contributed by atoms with Crippen LogP contribution in [0.15, 0.2) is 54.7 Å². The van der Waals surface area contributed by atoms with Crippen molar-refractivity contribution < 1.29 is 15.0 Å². The van der Waals surface area contributed by atoms with E-state index in [1.165, 1.54) is 0 Å². The van der Waals surface area contributed by atoms with Crippen LogP contribution in [-0.4, -0.2) is 26.8 Å². The fourth-order valence-electron chi connectivity index (χ4n) is 2.74. The van der Waals surface area contributed by atoms with Gasteiger partial charge in [-0.1, -0.05) is 50.2 Å². The molecule has 0 saturated carbocycles. The van der Waals surface area contributed by atoms with E-state index in [0.717, 1.165) is 5.56 Å². The van der Waals surface area contributed by atoms with E-state index >= 15 is 0 Å². The lowest BCUT2D eigenvalue weighted by atomic mass is 9.74. The SMILES string of the molecule is CC(C)(CC(O)(Cc1ccccn1)C(=O)O)c1ccccc1. The van der Waals surface area contributed by atoms with Crippen LogP contribution in [0.1, 0.15) is 31.5 Å². The van der Waals surface area contributed by atoms with E-state index in [-0.39, 0.29) is 12.8 Å². The third-order valence-corrected chi connectivity index (χ3v) is 3.89. The van der Waals surface area contributed by atoms with E-state index in [4.69, 9.17) is 0 Å². The normalized spacial score (nSPS) is 14.3. The van der Waals surface area contributed by atoms with Crippen LogP contribution in [0.5, 0.6) is 0 Å². The van der Waals surface area contributed by atoms with Crippen molar-refractivity contribution in [3.63, 3.8) is 0 Å². The number of carboxylic acids is 1. The minimum Gasteiger partial charge on any atom is -0.479 e. The summed E-state index contributed by atoms with van der Waals surface area (Å²) in [6.45, 7) is 3.88. The van der Waals surface area contributed by atoms with Crippen molar-refractivity contribution in [1.29, 1.82) is 0 Å². The van der Waals surface area contributed by atoms with Crippen molar-refractivity contribution in [1.82, 2.24) is 4.98 Å². The number of hydrogen-bond donors (Lipinski definition) is 2. The molecule has 1 heterocycles. The third-order valence-electron chi connectivity index (χ3n) is 3.89. The van der Waals surface area contributed by atoms with E-state index in [9.17, 15) is 15.0 Å². The van der Waals surface area contributed by atoms with Gasteiger partial charge in [-0.15, -0.1) is 0 Å². The summed E-state index contributed by atoms with van der Waals surface area (Å²) in [6.07, 6.45) is 1.69. The first-order valence-corrected chi connectivity index (χ1v) is 7.25. The molecule has 4 nitrogen and oxygen atoms in total. The van der Waals surface area contributed by atoms with Gasteiger partial charge in [-0.05, 0) is 29.5 Å². The number of hydrogen-bond acceptors (Lipinski definition) is 3. The molecule has 2 rings (SSSR count). The lowest BCUT2D eigenvalue weighted by Gasteiger charge is -2.33. The Morgan fingerprint density at radius 3 is 2.27 bits per heavy atom. The van der Waals surface area contributed by atoms with Crippen LogP contribution in [0.4, 0.5) is 0 Å². The van der Waals surface area contributed by atoms with Crippen molar-refractivity contribution in [3.8, 4) is 0 Å². The number of rotatable bonds is 6. The third kappa shape index (κ3) is 3.71. The number of nitrogens with zero attached hydrogens (tertiary/aromatic N) is 1. The van der Waals surface area contributed by atoms with Crippen LogP contribution in [-0.2, 0) is 16.6 Å². The summed E-state index contributed by atoms with van der Waals surface area (Å²) in [7, 11) is 0. The number of carboxylic acid groups (broad SMARTS) is 1. The molecule has 116 valence electrons. The number of pyridine rings is 1. The van der Waals surface area contributed by atoms with E-state index in [2.05, 4.69) is 4.98 Å². The highest BCUT2D eigenvalue weighted by molar-refractivity contribution is 5.77. The maximum atomic E-state index is 11.7. The van der Waals surface area contributed by atoms with E-state index in [0.29, 0.717) is 5.69 Å². The van der Waals surface area contributed by atoms with Gasteiger partial charge in [-0.3, -0.25) is 4.98 Å². The summed E-state index contributed by atoms with van der Waals surface area (Å²) >= 11 is 0. The van der Waals surface area contributed by atoms with Crippen LogP contribution >= 0.6 is 0 Å². The first kappa shape index (κ1) is 16.2. The van der Waals surface area contributed by atoms with Gasteiger partial charge in [-0.2, -0.15) is 0 Å². The number of aromatic nitrogens is 1. The minimum absolute atomic E-state index is 0.0144. The topological polar surface area (TPSA) is 70.4 Å². The first-order chi connectivity index (χ1) is 10.3. The van der Waals surface area contributed by atoms with Crippen molar-refractivity contribution in [2.75, 3.05) is 0 Å². The number of benzene rings is 1. The van der Waals surface area contributed by atoms with Crippen LogP contribution in [0.25, 0.3) is 0 Å². The molecule has 0 bridgehead atoms. The Bertz CT molecular complexity index is 625. The van der Waals surface area contributed by atoms with E-state index in [1.54, 1.807) is 24.4 Å². The lowest BCUT2D eigenvalue weighted by molar-refractivity contribution is -0.160. The molecule has 0 aliphatic carbocycles. The Balaban J connectivity index is 2.26. The molecule has 0 aliphatic heterocycles. The fourth-order valence-corrected chi connectivity index (χ4v) is 2.74. The standard InChI is InChI=1S/C18H21NO3/c1-17(2,14-8-4-3-5-9-14)13-18(22,16(20)21)12-15-10-6-7-11-19-15/h3-11,22H,12-13H2,1-2H3,(H,20,21). The van der Waals surface area contributed by atoms with E-state index < -0.39 is 17.0 Å². The maximum absolute atomic E-state index is 11.7. The van der Waals surface area contributed by atoms with Crippen molar-refractivity contribution in [2.45, 2.75) is 37.7 Å². The van der Waals surface area contributed by atoms with Crippen LogP contribution in [0, 0.1) is 0 Å². The molecule has 0 radical (unpaired) electrons. The smallest absolute Gasteiger partial charge is 0.336 e. The van der Waals surface area contributed by atoms with Gasteiger partial charge in [0.1, 0.15) is 0 Å². The minimum atomic E-state index is -1.85. The molecule has 0 amide bonds. The highest BCUT2D eigenvalue weighted by atomic mass is 16.4. The summed E-state index contributed by atoms with van der Waals surface area (Å²) in [5, 5.41) is 20.2. The molecular weight excluding hydrogens is 278 g/mol. The van der Waals surface area contributed by atoms with Crippen molar-refractivity contribution >= 4 is 5.97 Å². The summed E-state index contributed by atoms with van der Waals surface area (Å²) in [6, 6.07) is 14.9. The summed E-state index contributed by atoms with van der Waals surface area (Å²) in [5.74, 6) is -1.22. The highest BCUT2D eigenvalue weighted by Crippen LogP contribution is 2.34. The molecule has 1 unspecified atom stereocenters. The van der Waals surface area contributed by atoms with Gasteiger partial charge in [-0.25, -0.2) is 4.79 Å². The first-order valence-electron chi connectivity index (χ1n) is 7.25. The zero-order valence-electron chi connectivity index (χ0n) is 12.9. The monoisotopic (exact) mass is 299 g/mol. The molecule has 2 N–H and O–H groups in total. The molecule has 0 spiro atoms. The average molecular weight is 299 g/mol. The predicted octanol–water partition coefficient (Wildman–Crippen LogP) is 2.81. The molecule has 0 fully saturated rings. The number of carbonyl (C=O) groups is 1. The number of aliphatic hydroxyl groups is 1. The Labute approximate surface area is 130 Å². The second kappa shape index (κ2) is 6.28. The summed E-state index contributed by atoms with van der Waals surface area (Å²) in [5.41, 5.74) is -0.761. The van der Waals surface area contributed by atoms with Gasteiger partial charge in [0.05, 0.1) is 0 Å². The van der Waals surface area contributed by atoms with Crippen molar-refractivity contribution in [2.24, 2.45) is 0 Å². The van der Waals surface area contributed by atoms with Gasteiger partial charge in [0, 0.05) is 18.3 Å². The molecule has 2 aromatic rings. The quantitative estimate of drug-likeness (QED) is 0.860. The van der Waals surface area contributed by atoms with Gasteiger partial charge < -0.3 is 10.2 Å². The van der Waals surface area contributed by atoms with Gasteiger partial charge >= 0.3 is 5.97 Å². The highest BCUT2D eigenvalue weighted by Gasteiger charge is 2.42. The second-order valence-corrected chi connectivity index (χ2v) is 6.26. The molecule has 0 aliphatic rings. The van der Waals surface area contributed by atoms with Gasteiger partial charge in [0.15, 0.2) is 5.60 Å². The van der Waals surface area contributed by atoms with Crippen molar-refractivity contribution in [3.05, 3.63) is 66.0 Å². The fraction of sp³-hybridized carbons (Fsp3) is 0.333. The summed E-state index contributed by atoms with van der Waals surface area (Å²) < 4.78 is 0. The average Bonchev–Trinajstić information content (AvgIpc) is 2.48. The number of aliphatic carboxylic acids is 1. The van der Waals surface area contributed by atoms with E-state index in [1.807, 2.05) is 44.2 Å². The van der Waals surface area contributed by atoms with Crippen LogP contribution in [0.2, 0.25) is 0 Å². The maximum Gasteiger partial charge on any atom is 0.336 e. The Morgan fingerprint density at radius 1 is 1.09 bits per heavy atom. The lowest BCUT2D eigenvalue weighted by Crippen LogP contribution is -2.45. The molecule has 22 heavy (non-hydrogen) atoms. The molecular formula is C18H21NO3. The van der Waals surface area contributed by atoms with Crippen LogP contribution < -0.4 is 0 Å². The largest absolute Gasteiger partial charge is 0.479 e. The zero-order valence-corrected chi connectivity index (χ0v) is 12.9. The van der Waals surface area contributed by atoms with Gasteiger partial charge in [0.25, 0.3) is 0 Å². The Hall–Kier alpha value is -2.20. The second-order valence-electron chi connectivity index (χ2n) is 6.26. The summed E-state index contributed by atoms with van der Waals surface area (Å²) in [4.78, 5) is 15.8. The molecule has 1 aromatic carbocycles. The molecule has 4 heteroatoms. The zero-order chi connectivity index (χ0) is 16.2. The van der Waals surface area contributed by atoms with Crippen LogP contribution in [0.3, 0.4) is 0 Å². The molecule has 0 saturated heterocycles. The predicted molar refractivity (Wildman–Crippen MR) is 84.6 cm³/mol. The molecule has 1 atom stereocenters.